The molecule has 0 amide bonds. The lowest BCUT2D eigenvalue weighted by Gasteiger charge is -2.32. The molecule has 1 aliphatic rings. The van der Waals surface area contributed by atoms with Gasteiger partial charge in [0.05, 0.1) is 5.56 Å². The van der Waals surface area contributed by atoms with E-state index in [9.17, 15) is 9.50 Å². The number of hydrogen-bond acceptors (Lipinski definition) is 5. The minimum absolute atomic E-state index is 0.186. The molecule has 1 atom stereocenters. The lowest BCUT2D eigenvalue weighted by molar-refractivity contribution is 0.208. The van der Waals surface area contributed by atoms with E-state index < -0.39 is 0 Å². The summed E-state index contributed by atoms with van der Waals surface area (Å²) in [6.45, 7) is 1.85. The molecule has 0 aliphatic carbocycles. The molecule has 1 aromatic carbocycles. The molecule has 1 aliphatic heterocycles. The van der Waals surface area contributed by atoms with E-state index in [1.54, 1.807) is 22.7 Å². The largest absolute Gasteiger partial charge is 0.396 e. The van der Waals surface area contributed by atoms with Crippen molar-refractivity contribution in [2.45, 2.75) is 12.8 Å². The standard InChI is InChI=1S/C17H18FN5O/c18-14-6-2-1-5-13(14)17-20-19-15-7-8-16(21-23(15)17)22-9-3-4-12(10-22)11-24/h1-2,5-8,12,24H,3-4,9-11H2/t12-/m1/s1. The molecule has 1 saturated heterocycles. The van der Waals surface area contributed by atoms with Crippen molar-refractivity contribution in [3.05, 3.63) is 42.2 Å². The fraction of sp³-hybridized carbons (Fsp3) is 0.353. The molecule has 1 N–H and O–H groups in total. The molecule has 0 bridgehead atoms. The topological polar surface area (TPSA) is 66.5 Å². The normalized spacial score (nSPS) is 18.2. The number of aliphatic hydroxyl groups excluding tert-OH is 1. The maximum Gasteiger partial charge on any atom is 0.188 e. The fourth-order valence-corrected chi connectivity index (χ4v) is 3.18. The maximum absolute atomic E-state index is 14.1. The summed E-state index contributed by atoms with van der Waals surface area (Å²) >= 11 is 0. The first-order valence-electron chi connectivity index (χ1n) is 8.09. The van der Waals surface area contributed by atoms with Gasteiger partial charge in [-0.05, 0) is 43.0 Å². The number of aliphatic hydroxyl groups is 1. The molecular formula is C17H18FN5O. The second kappa shape index (κ2) is 6.16. The van der Waals surface area contributed by atoms with Crippen molar-refractivity contribution in [2.24, 2.45) is 5.92 Å². The Kier molecular flexibility index (Phi) is 3.86. The molecule has 6 nitrogen and oxygen atoms in total. The average Bonchev–Trinajstić information content (AvgIpc) is 3.05. The van der Waals surface area contributed by atoms with Gasteiger partial charge in [0.15, 0.2) is 11.5 Å². The highest BCUT2D eigenvalue weighted by molar-refractivity contribution is 5.60. The molecule has 24 heavy (non-hydrogen) atoms. The van der Waals surface area contributed by atoms with Crippen molar-refractivity contribution >= 4 is 11.5 Å². The molecule has 0 spiro atoms. The number of piperidine rings is 1. The first kappa shape index (κ1) is 15.0. The summed E-state index contributed by atoms with van der Waals surface area (Å²) in [5, 5.41) is 22.2. The number of rotatable bonds is 3. The van der Waals surface area contributed by atoms with E-state index in [4.69, 9.17) is 0 Å². The van der Waals surface area contributed by atoms with E-state index in [0.717, 1.165) is 31.7 Å². The lowest BCUT2D eigenvalue weighted by atomic mass is 9.99. The van der Waals surface area contributed by atoms with E-state index >= 15 is 0 Å². The van der Waals surface area contributed by atoms with Crippen LogP contribution in [0.4, 0.5) is 10.2 Å². The first-order chi connectivity index (χ1) is 11.8. The first-order valence-corrected chi connectivity index (χ1v) is 8.09. The van der Waals surface area contributed by atoms with Crippen molar-refractivity contribution < 1.29 is 9.50 Å². The molecule has 0 radical (unpaired) electrons. The summed E-state index contributed by atoms with van der Waals surface area (Å²) in [6, 6.07) is 10.2. The van der Waals surface area contributed by atoms with Gasteiger partial charge in [-0.3, -0.25) is 0 Å². The third-order valence-corrected chi connectivity index (χ3v) is 4.46. The molecule has 7 heteroatoms. The zero-order valence-corrected chi connectivity index (χ0v) is 13.1. The molecule has 2 aromatic heterocycles. The van der Waals surface area contributed by atoms with Gasteiger partial charge in [-0.1, -0.05) is 12.1 Å². The van der Waals surface area contributed by atoms with Crippen molar-refractivity contribution in [2.75, 3.05) is 24.6 Å². The predicted molar refractivity (Wildman–Crippen MR) is 88.2 cm³/mol. The zero-order chi connectivity index (χ0) is 16.5. The highest BCUT2D eigenvalue weighted by Crippen LogP contribution is 2.24. The Morgan fingerprint density at radius 1 is 1.17 bits per heavy atom. The zero-order valence-electron chi connectivity index (χ0n) is 13.1. The van der Waals surface area contributed by atoms with Crippen LogP contribution in [0.2, 0.25) is 0 Å². The number of anilines is 1. The third-order valence-electron chi connectivity index (χ3n) is 4.46. The van der Waals surface area contributed by atoms with Crippen LogP contribution in [0.1, 0.15) is 12.8 Å². The van der Waals surface area contributed by atoms with Crippen molar-refractivity contribution in [3.8, 4) is 11.4 Å². The number of fused-ring (bicyclic) bond motifs is 1. The summed E-state index contributed by atoms with van der Waals surface area (Å²) in [4.78, 5) is 2.15. The molecule has 4 rings (SSSR count). The van der Waals surface area contributed by atoms with Crippen molar-refractivity contribution in [3.63, 3.8) is 0 Å². The van der Waals surface area contributed by atoms with Crippen LogP contribution in [0.3, 0.4) is 0 Å². The quantitative estimate of drug-likeness (QED) is 0.798. The van der Waals surface area contributed by atoms with Crippen LogP contribution in [-0.4, -0.2) is 44.6 Å². The minimum Gasteiger partial charge on any atom is -0.396 e. The monoisotopic (exact) mass is 327 g/mol. The summed E-state index contributed by atoms with van der Waals surface area (Å²) in [6.07, 6.45) is 2.05. The summed E-state index contributed by atoms with van der Waals surface area (Å²) < 4.78 is 15.7. The molecule has 0 saturated carbocycles. The van der Waals surface area contributed by atoms with Crippen LogP contribution in [0.15, 0.2) is 36.4 Å². The van der Waals surface area contributed by atoms with Crippen LogP contribution in [0, 0.1) is 11.7 Å². The second-order valence-electron chi connectivity index (χ2n) is 6.10. The van der Waals surface area contributed by atoms with Crippen molar-refractivity contribution in [1.82, 2.24) is 19.8 Å². The number of nitrogens with zero attached hydrogens (tertiary/aromatic N) is 5. The number of aromatic nitrogens is 4. The molecule has 124 valence electrons. The Bertz CT molecular complexity index is 865. The van der Waals surface area contributed by atoms with Crippen LogP contribution in [-0.2, 0) is 0 Å². The van der Waals surface area contributed by atoms with E-state index in [-0.39, 0.29) is 18.3 Å². The number of halogens is 1. The van der Waals surface area contributed by atoms with Gasteiger partial charge >= 0.3 is 0 Å². The van der Waals surface area contributed by atoms with Crippen LogP contribution in [0.5, 0.6) is 0 Å². The van der Waals surface area contributed by atoms with Crippen LogP contribution in [0.25, 0.3) is 17.0 Å². The van der Waals surface area contributed by atoms with Gasteiger partial charge in [-0.2, -0.15) is 4.52 Å². The van der Waals surface area contributed by atoms with E-state index in [0.29, 0.717) is 17.0 Å². The van der Waals surface area contributed by atoms with Gasteiger partial charge < -0.3 is 10.0 Å². The average molecular weight is 327 g/mol. The number of benzene rings is 1. The summed E-state index contributed by atoms with van der Waals surface area (Å²) in [7, 11) is 0. The highest BCUT2D eigenvalue weighted by atomic mass is 19.1. The Balaban J connectivity index is 1.75. The van der Waals surface area contributed by atoms with E-state index in [1.165, 1.54) is 6.07 Å². The smallest absolute Gasteiger partial charge is 0.188 e. The summed E-state index contributed by atoms with van der Waals surface area (Å²) in [5.74, 6) is 1.10. The molecule has 3 heterocycles. The van der Waals surface area contributed by atoms with Gasteiger partial charge in [0, 0.05) is 19.7 Å². The molecular weight excluding hydrogens is 309 g/mol. The van der Waals surface area contributed by atoms with Crippen LogP contribution < -0.4 is 4.90 Å². The lowest BCUT2D eigenvalue weighted by Crippen LogP contribution is -2.37. The van der Waals surface area contributed by atoms with Crippen molar-refractivity contribution in [1.29, 1.82) is 0 Å². The van der Waals surface area contributed by atoms with E-state index in [1.807, 2.05) is 12.1 Å². The van der Waals surface area contributed by atoms with Crippen LogP contribution >= 0.6 is 0 Å². The SMILES string of the molecule is OC[C@@H]1CCCN(c2ccc3nnc(-c4ccccc4F)n3n2)C1. The number of hydrogen-bond donors (Lipinski definition) is 1. The summed E-state index contributed by atoms with van der Waals surface area (Å²) in [5.41, 5.74) is 0.953. The fourth-order valence-electron chi connectivity index (χ4n) is 3.18. The highest BCUT2D eigenvalue weighted by Gasteiger charge is 2.21. The van der Waals surface area contributed by atoms with Gasteiger partial charge in [0.25, 0.3) is 0 Å². The molecule has 3 aromatic rings. The maximum atomic E-state index is 14.1. The Labute approximate surface area is 138 Å². The second-order valence-corrected chi connectivity index (χ2v) is 6.10. The molecule has 0 unspecified atom stereocenters. The predicted octanol–water partition coefficient (Wildman–Crippen LogP) is 2.14. The van der Waals surface area contributed by atoms with E-state index in [2.05, 4.69) is 20.2 Å². The van der Waals surface area contributed by atoms with Gasteiger partial charge in [-0.15, -0.1) is 15.3 Å². The molecule has 1 fully saturated rings. The minimum atomic E-state index is -0.350. The third kappa shape index (κ3) is 2.60. The van der Waals surface area contributed by atoms with Gasteiger partial charge in [0.1, 0.15) is 11.6 Å². The Morgan fingerprint density at radius 3 is 2.88 bits per heavy atom. The Morgan fingerprint density at radius 2 is 2.04 bits per heavy atom. The Hall–Kier alpha value is -2.54. The van der Waals surface area contributed by atoms with Gasteiger partial charge in [-0.25, -0.2) is 4.39 Å². The van der Waals surface area contributed by atoms with Gasteiger partial charge in [0.2, 0.25) is 0 Å².